The van der Waals surface area contributed by atoms with Crippen LogP contribution >= 0.6 is 0 Å². The van der Waals surface area contributed by atoms with E-state index in [1.165, 1.54) is 36.2 Å². The summed E-state index contributed by atoms with van der Waals surface area (Å²) in [5, 5.41) is 9.45. The summed E-state index contributed by atoms with van der Waals surface area (Å²) in [4.78, 5) is 44.4. The van der Waals surface area contributed by atoms with Crippen LogP contribution in [-0.4, -0.2) is 47.7 Å². The maximum atomic E-state index is 13.7. The number of hydrogen-bond acceptors (Lipinski definition) is 4. The zero-order valence-electron chi connectivity index (χ0n) is 20.0. The van der Waals surface area contributed by atoms with Gasteiger partial charge >= 0.3 is 12.2 Å². The molecule has 5 rings (SSSR count). The molecule has 10 heteroatoms. The Morgan fingerprint density at radius 3 is 2.46 bits per heavy atom. The van der Waals surface area contributed by atoms with Gasteiger partial charge in [0.2, 0.25) is 0 Å². The van der Waals surface area contributed by atoms with Gasteiger partial charge < -0.3 is 9.80 Å². The number of halogens is 3. The molecule has 0 bridgehead atoms. The molecular weight excluding hydrogens is 485 g/mol. The number of hydrogen-bond donors (Lipinski definition) is 0. The van der Waals surface area contributed by atoms with Crippen molar-refractivity contribution >= 4 is 23.4 Å². The Balaban J connectivity index is 1.66. The van der Waals surface area contributed by atoms with Crippen molar-refractivity contribution in [1.29, 1.82) is 5.26 Å². The first-order valence-corrected chi connectivity index (χ1v) is 12.0. The number of alkyl halides is 3. The molecule has 1 aliphatic carbocycles. The smallest absolute Gasteiger partial charge is 0.339 e. The number of likely N-dealkylation sites (tertiary alicyclic amines) is 1. The monoisotopic (exact) mass is 508 g/mol. The van der Waals surface area contributed by atoms with E-state index in [1.54, 1.807) is 11.0 Å². The van der Waals surface area contributed by atoms with E-state index in [2.05, 4.69) is 0 Å². The zero-order valence-corrected chi connectivity index (χ0v) is 20.0. The molecule has 0 aromatic heterocycles. The van der Waals surface area contributed by atoms with Gasteiger partial charge in [-0.3, -0.25) is 14.5 Å². The quantitative estimate of drug-likeness (QED) is 0.581. The highest BCUT2D eigenvalue weighted by molar-refractivity contribution is 6.09. The van der Waals surface area contributed by atoms with Crippen molar-refractivity contribution in [1.82, 2.24) is 9.80 Å². The summed E-state index contributed by atoms with van der Waals surface area (Å²) in [6.45, 7) is 1.15. The lowest BCUT2D eigenvalue weighted by atomic mass is 9.88. The molecule has 0 radical (unpaired) electrons. The Bertz CT molecular complexity index is 1390. The summed E-state index contributed by atoms with van der Waals surface area (Å²) in [5.74, 6) is -0.515. The van der Waals surface area contributed by atoms with Crippen molar-refractivity contribution in [2.24, 2.45) is 0 Å². The molecule has 190 valence electrons. The summed E-state index contributed by atoms with van der Waals surface area (Å²) >= 11 is 0. The van der Waals surface area contributed by atoms with Gasteiger partial charge in [-0.2, -0.15) is 18.4 Å². The van der Waals surface area contributed by atoms with Gasteiger partial charge in [-0.1, -0.05) is 12.1 Å². The van der Waals surface area contributed by atoms with Gasteiger partial charge in [0.25, 0.3) is 5.91 Å². The van der Waals surface area contributed by atoms with Crippen molar-refractivity contribution < 1.29 is 27.6 Å². The van der Waals surface area contributed by atoms with E-state index in [0.717, 1.165) is 29.9 Å². The van der Waals surface area contributed by atoms with E-state index >= 15 is 0 Å². The molecule has 0 saturated carbocycles. The van der Waals surface area contributed by atoms with E-state index in [-0.39, 0.29) is 46.9 Å². The van der Waals surface area contributed by atoms with Crippen LogP contribution in [-0.2, 0) is 11.0 Å². The molecule has 2 aromatic rings. The molecule has 0 spiro atoms. The number of anilines is 1. The minimum atomic E-state index is -4.60. The normalized spacial score (nSPS) is 20.0. The number of allylic oxidation sites excluding steroid dienone is 1. The number of amides is 3. The predicted molar refractivity (Wildman–Crippen MR) is 127 cm³/mol. The molecule has 0 N–H and O–H groups in total. The number of likely N-dealkylation sites (N-methyl/N-ethyl adjacent to an activating group) is 1. The molecule has 2 aliphatic heterocycles. The lowest BCUT2D eigenvalue weighted by Crippen LogP contribution is -2.48. The maximum absolute atomic E-state index is 13.7. The second kappa shape index (κ2) is 9.07. The number of nitrogens with zero attached hydrogens (tertiary/aromatic N) is 4. The molecule has 1 saturated heterocycles. The van der Waals surface area contributed by atoms with Crippen LogP contribution in [0.2, 0.25) is 0 Å². The lowest BCUT2D eigenvalue weighted by molar-refractivity contribution is -0.137. The molecule has 1 atom stereocenters. The Hall–Kier alpha value is -4.13. The maximum Gasteiger partial charge on any atom is 0.416 e. The fraction of sp³-hybridized carbons (Fsp3) is 0.333. The minimum absolute atomic E-state index is 0.0144. The minimum Gasteiger partial charge on any atom is -0.339 e. The number of urea groups is 1. The fourth-order valence-corrected chi connectivity index (χ4v) is 5.37. The fourth-order valence-electron chi connectivity index (χ4n) is 5.37. The third kappa shape index (κ3) is 4.14. The SMILES string of the molecule is CN1C(=O)N(c2cccc(C(F)(F)F)c2)C2=C(C(=O)CC2)C1c1ccc(C#N)cc1C(=O)N1CCCC1. The number of rotatable bonds is 3. The standard InChI is InChI=1S/C27H23F3N4O3/c1-32-24(19-8-7-16(15-31)13-20(19)25(36)33-11-2-3-12-33)23-21(9-10-22(23)35)34(26(32)37)18-6-4-5-17(14-18)27(28,29)30/h4-8,13-14,24H,2-3,9-12H2,1H3. The van der Waals surface area contributed by atoms with Crippen LogP contribution in [0.15, 0.2) is 53.7 Å². The van der Waals surface area contributed by atoms with Gasteiger partial charge in [-0.25, -0.2) is 4.79 Å². The van der Waals surface area contributed by atoms with Crippen LogP contribution in [0.25, 0.3) is 0 Å². The average molecular weight is 509 g/mol. The third-order valence-electron chi connectivity index (χ3n) is 7.16. The molecule has 1 unspecified atom stereocenters. The second-order valence-electron chi connectivity index (χ2n) is 9.38. The van der Waals surface area contributed by atoms with Crippen molar-refractivity contribution in [2.75, 3.05) is 25.0 Å². The van der Waals surface area contributed by atoms with Crippen LogP contribution in [0, 0.1) is 11.3 Å². The van der Waals surface area contributed by atoms with Gasteiger partial charge in [0.15, 0.2) is 5.78 Å². The van der Waals surface area contributed by atoms with Crippen LogP contribution in [0.5, 0.6) is 0 Å². The van der Waals surface area contributed by atoms with Crippen LogP contribution < -0.4 is 4.90 Å². The molecule has 3 aliphatic rings. The molecule has 2 aromatic carbocycles. The highest BCUT2D eigenvalue weighted by atomic mass is 19.4. The first-order chi connectivity index (χ1) is 17.6. The summed E-state index contributed by atoms with van der Waals surface area (Å²) in [5.41, 5.74) is 0.651. The van der Waals surface area contributed by atoms with Crippen molar-refractivity contribution in [3.05, 3.63) is 76.0 Å². The zero-order chi connectivity index (χ0) is 26.5. The van der Waals surface area contributed by atoms with Crippen LogP contribution in [0.4, 0.5) is 23.7 Å². The molecule has 7 nitrogen and oxygen atoms in total. The van der Waals surface area contributed by atoms with Gasteiger partial charge in [-0.15, -0.1) is 0 Å². The number of carbonyl (C=O) groups is 3. The number of benzene rings is 2. The van der Waals surface area contributed by atoms with Gasteiger partial charge in [0.05, 0.1) is 28.9 Å². The predicted octanol–water partition coefficient (Wildman–Crippen LogP) is 5.04. The van der Waals surface area contributed by atoms with Crippen molar-refractivity contribution in [3.63, 3.8) is 0 Å². The van der Waals surface area contributed by atoms with E-state index in [9.17, 15) is 32.8 Å². The average Bonchev–Trinajstić information content (AvgIpc) is 3.55. The Morgan fingerprint density at radius 2 is 1.78 bits per heavy atom. The van der Waals surface area contributed by atoms with Gasteiger partial charge in [0.1, 0.15) is 0 Å². The summed E-state index contributed by atoms with van der Waals surface area (Å²) in [6.07, 6.45) is -2.59. The Labute approximate surface area is 211 Å². The summed E-state index contributed by atoms with van der Waals surface area (Å²) in [6, 6.07) is 9.56. The van der Waals surface area contributed by atoms with E-state index < -0.39 is 23.8 Å². The van der Waals surface area contributed by atoms with Crippen molar-refractivity contribution in [3.8, 4) is 6.07 Å². The Morgan fingerprint density at radius 1 is 1.05 bits per heavy atom. The second-order valence-corrected chi connectivity index (χ2v) is 9.38. The summed E-state index contributed by atoms with van der Waals surface area (Å²) < 4.78 is 40.2. The molecule has 3 amide bonds. The number of nitriles is 1. The number of ketones is 1. The number of carbonyl (C=O) groups excluding carboxylic acids is 3. The summed E-state index contributed by atoms with van der Waals surface area (Å²) in [7, 11) is 1.46. The number of Topliss-reactive ketones (excluding diaryl/α,β-unsaturated/α-hetero) is 1. The van der Waals surface area contributed by atoms with E-state index in [1.807, 2.05) is 6.07 Å². The lowest BCUT2D eigenvalue weighted by Gasteiger charge is -2.41. The first kappa shape index (κ1) is 24.6. The topological polar surface area (TPSA) is 84.7 Å². The highest BCUT2D eigenvalue weighted by Crippen LogP contribution is 2.46. The van der Waals surface area contributed by atoms with Crippen LogP contribution in [0.1, 0.15) is 58.8 Å². The van der Waals surface area contributed by atoms with Crippen molar-refractivity contribution in [2.45, 2.75) is 37.9 Å². The highest BCUT2D eigenvalue weighted by Gasteiger charge is 2.46. The Kier molecular flexibility index (Phi) is 6.02. The molecular formula is C27H23F3N4O3. The van der Waals surface area contributed by atoms with Gasteiger partial charge in [-0.05, 0) is 55.2 Å². The molecule has 1 fully saturated rings. The molecule has 2 heterocycles. The largest absolute Gasteiger partial charge is 0.416 e. The van der Waals surface area contributed by atoms with E-state index in [4.69, 9.17) is 0 Å². The van der Waals surface area contributed by atoms with E-state index in [0.29, 0.717) is 24.4 Å². The molecule has 37 heavy (non-hydrogen) atoms. The van der Waals surface area contributed by atoms with Crippen LogP contribution in [0.3, 0.4) is 0 Å². The first-order valence-electron chi connectivity index (χ1n) is 12.0. The third-order valence-corrected chi connectivity index (χ3v) is 7.16. The van der Waals surface area contributed by atoms with Gasteiger partial charge in [0, 0.05) is 43.4 Å².